The topological polar surface area (TPSA) is 20.2 Å². The standard InChI is InChI=1S/C18H24Br2O/c1-2-3-4-5-6-10-15-18(19,20)17(21)14-13-16-11-8-7-9-12-16/h7-9,11-12,17,21H,2-6,10,15H2,1H3. The Morgan fingerprint density at radius 2 is 1.67 bits per heavy atom. The molecule has 0 saturated heterocycles. The van der Waals surface area contributed by atoms with Crippen molar-refractivity contribution in [3.05, 3.63) is 35.9 Å². The third-order valence-corrected chi connectivity index (χ3v) is 5.05. The second-order valence-electron chi connectivity index (χ2n) is 5.32. The molecule has 0 saturated carbocycles. The van der Waals surface area contributed by atoms with Crippen LogP contribution in [-0.4, -0.2) is 14.4 Å². The van der Waals surface area contributed by atoms with Gasteiger partial charge in [0.15, 0.2) is 0 Å². The molecule has 0 radical (unpaired) electrons. The molecule has 0 bridgehead atoms. The monoisotopic (exact) mass is 414 g/mol. The first-order chi connectivity index (χ1) is 10.1. The lowest BCUT2D eigenvalue weighted by atomic mass is 10.1. The smallest absolute Gasteiger partial charge is 0.140 e. The van der Waals surface area contributed by atoms with Gasteiger partial charge in [0.2, 0.25) is 0 Å². The van der Waals surface area contributed by atoms with Crippen LogP contribution in [0.25, 0.3) is 0 Å². The van der Waals surface area contributed by atoms with Crippen LogP contribution in [0, 0.1) is 11.8 Å². The molecule has 0 spiro atoms. The van der Waals surface area contributed by atoms with Gasteiger partial charge in [0.25, 0.3) is 0 Å². The molecule has 0 aromatic heterocycles. The summed E-state index contributed by atoms with van der Waals surface area (Å²) in [5.74, 6) is 5.92. The van der Waals surface area contributed by atoms with Gasteiger partial charge in [-0.15, -0.1) is 0 Å². The molecular formula is C18H24Br2O. The highest BCUT2D eigenvalue weighted by molar-refractivity contribution is 9.25. The molecule has 3 heteroatoms. The van der Waals surface area contributed by atoms with Crippen LogP contribution in [0.1, 0.15) is 57.4 Å². The molecule has 1 atom stereocenters. The minimum atomic E-state index is -0.728. The Morgan fingerprint density at radius 1 is 1.05 bits per heavy atom. The Kier molecular flexibility index (Phi) is 9.31. The van der Waals surface area contributed by atoms with Gasteiger partial charge in [-0.25, -0.2) is 0 Å². The van der Waals surface area contributed by atoms with E-state index in [4.69, 9.17) is 0 Å². The first kappa shape index (κ1) is 18.7. The lowest BCUT2D eigenvalue weighted by Gasteiger charge is -2.22. The van der Waals surface area contributed by atoms with Crippen molar-refractivity contribution in [1.29, 1.82) is 0 Å². The molecule has 21 heavy (non-hydrogen) atoms. The number of hydrogen-bond acceptors (Lipinski definition) is 1. The van der Waals surface area contributed by atoms with E-state index in [0.717, 1.165) is 18.4 Å². The molecule has 1 nitrogen and oxygen atoms in total. The number of hydrogen-bond donors (Lipinski definition) is 1. The van der Waals surface area contributed by atoms with Crippen molar-refractivity contribution < 1.29 is 5.11 Å². The summed E-state index contributed by atoms with van der Waals surface area (Å²) in [5, 5.41) is 10.2. The first-order valence-electron chi connectivity index (χ1n) is 7.68. The molecule has 1 N–H and O–H groups in total. The SMILES string of the molecule is CCCCCCCCC(Br)(Br)C(O)C#Cc1ccccc1. The molecule has 0 aliphatic rings. The average molecular weight is 416 g/mol. The highest BCUT2D eigenvalue weighted by Gasteiger charge is 2.30. The van der Waals surface area contributed by atoms with Gasteiger partial charge in [0.05, 0.1) is 0 Å². The fraction of sp³-hybridized carbons (Fsp3) is 0.556. The summed E-state index contributed by atoms with van der Waals surface area (Å²) >= 11 is 7.14. The van der Waals surface area contributed by atoms with Crippen LogP contribution in [0.2, 0.25) is 0 Å². The largest absolute Gasteiger partial charge is 0.378 e. The molecule has 0 amide bonds. The van der Waals surface area contributed by atoms with Crippen LogP contribution in [0.3, 0.4) is 0 Å². The van der Waals surface area contributed by atoms with Crippen LogP contribution >= 0.6 is 31.9 Å². The van der Waals surface area contributed by atoms with Crippen molar-refractivity contribution in [2.24, 2.45) is 0 Å². The Morgan fingerprint density at radius 3 is 2.33 bits per heavy atom. The molecule has 116 valence electrons. The minimum Gasteiger partial charge on any atom is -0.378 e. The Labute approximate surface area is 145 Å². The van der Waals surface area contributed by atoms with Crippen LogP contribution in [0.5, 0.6) is 0 Å². The van der Waals surface area contributed by atoms with E-state index >= 15 is 0 Å². The van der Waals surface area contributed by atoms with Crippen molar-refractivity contribution in [2.75, 3.05) is 0 Å². The second kappa shape index (κ2) is 10.4. The first-order valence-corrected chi connectivity index (χ1v) is 9.27. The third-order valence-electron chi connectivity index (χ3n) is 3.39. The van der Waals surface area contributed by atoms with Crippen molar-refractivity contribution in [3.63, 3.8) is 0 Å². The third kappa shape index (κ3) is 8.04. The van der Waals surface area contributed by atoms with Gasteiger partial charge in [0.1, 0.15) is 9.34 Å². The van der Waals surface area contributed by atoms with Crippen LogP contribution < -0.4 is 0 Å². The molecule has 1 unspecified atom stereocenters. The lowest BCUT2D eigenvalue weighted by Crippen LogP contribution is -2.28. The van der Waals surface area contributed by atoms with Gasteiger partial charge >= 0.3 is 0 Å². The summed E-state index contributed by atoms with van der Waals surface area (Å²) < 4.78 is -0.507. The summed E-state index contributed by atoms with van der Waals surface area (Å²) in [4.78, 5) is 0. The predicted molar refractivity (Wildman–Crippen MR) is 97.9 cm³/mol. The summed E-state index contributed by atoms with van der Waals surface area (Å²) in [5.41, 5.74) is 0.923. The van der Waals surface area contributed by atoms with Gasteiger partial charge in [-0.3, -0.25) is 0 Å². The van der Waals surface area contributed by atoms with E-state index in [0.29, 0.717) is 0 Å². The maximum absolute atomic E-state index is 10.2. The molecule has 0 aliphatic carbocycles. The van der Waals surface area contributed by atoms with E-state index in [1.807, 2.05) is 30.3 Å². The minimum absolute atomic E-state index is 0.507. The van der Waals surface area contributed by atoms with Crippen molar-refractivity contribution >= 4 is 31.9 Å². The van der Waals surface area contributed by atoms with Gasteiger partial charge in [0, 0.05) is 5.56 Å². The number of rotatable bonds is 8. The van der Waals surface area contributed by atoms with E-state index in [2.05, 4.69) is 50.6 Å². The number of benzene rings is 1. The Balaban J connectivity index is 2.37. The number of halogens is 2. The summed E-state index contributed by atoms with van der Waals surface area (Å²) in [6.07, 6.45) is 7.60. The Bertz CT molecular complexity index is 445. The zero-order valence-electron chi connectivity index (χ0n) is 12.6. The maximum Gasteiger partial charge on any atom is 0.140 e. The van der Waals surface area contributed by atoms with E-state index in [-0.39, 0.29) is 0 Å². The second-order valence-corrected chi connectivity index (χ2v) is 9.21. The van der Waals surface area contributed by atoms with Crippen LogP contribution in [0.15, 0.2) is 30.3 Å². The van der Waals surface area contributed by atoms with Gasteiger partial charge in [-0.1, -0.05) is 107 Å². The maximum atomic E-state index is 10.2. The Hall–Kier alpha value is -0.300. The van der Waals surface area contributed by atoms with Crippen molar-refractivity contribution in [1.82, 2.24) is 0 Å². The van der Waals surface area contributed by atoms with Crippen molar-refractivity contribution in [2.45, 2.75) is 61.2 Å². The highest BCUT2D eigenvalue weighted by Crippen LogP contribution is 2.36. The van der Waals surface area contributed by atoms with Crippen molar-refractivity contribution in [3.8, 4) is 11.8 Å². The average Bonchev–Trinajstić information content (AvgIpc) is 2.49. The molecule has 0 heterocycles. The van der Waals surface area contributed by atoms with E-state index in [1.165, 1.54) is 32.1 Å². The summed E-state index contributed by atoms with van der Waals surface area (Å²) in [6, 6.07) is 9.74. The predicted octanol–water partition coefficient (Wildman–Crippen LogP) is 5.64. The van der Waals surface area contributed by atoms with E-state index in [1.54, 1.807) is 0 Å². The molecule has 0 aliphatic heterocycles. The number of unbranched alkanes of at least 4 members (excludes halogenated alkanes) is 5. The fourth-order valence-electron chi connectivity index (χ4n) is 2.06. The summed E-state index contributed by atoms with van der Waals surface area (Å²) in [7, 11) is 0. The molecular weight excluding hydrogens is 392 g/mol. The zero-order chi connectivity index (χ0) is 15.6. The lowest BCUT2D eigenvalue weighted by molar-refractivity contribution is 0.217. The number of aliphatic hydroxyl groups excluding tert-OH is 1. The number of aliphatic hydroxyl groups is 1. The van der Waals surface area contributed by atoms with Gasteiger partial charge < -0.3 is 5.11 Å². The highest BCUT2D eigenvalue weighted by atomic mass is 79.9. The molecule has 1 rings (SSSR count). The summed E-state index contributed by atoms with van der Waals surface area (Å²) in [6.45, 7) is 2.23. The quantitative estimate of drug-likeness (QED) is 0.331. The van der Waals surface area contributed by atoms with Crippen LogP contribution in [0.4, 0.5) is 0 Å². The fourth-order valence-corrected chi connectivity index (χ4v) is 2.85. The molecule has 1 aromatic rings. The van der Waals surface area contributed by atoms with Crippen LogP contribution in [-0.2, 0) is 0 Å². The van der Waals surface area contributed by atoms with E-state index < -0.39 is 9.34 Å². The molecule has 0 fully saturated rings. The normalized spacial score (nSPS) is 12.6. The van der Waals surface area contributed by atoms with E-state index in [9.17, 15) is 5.11 Å². The number of alkyl halides is 2. The zero-order valence-corrected chi connectivity index (χ0v) is 15.8. The molecule has 1 aromatic carbocycles. The van der Waals surface area contributed by atoms with Gasteiger partial charge in [-0.2, -0.15) is 0 Å². The van der Waals surface area contributed by atoms with Gasteiger partial charge in [-0.05, 0) is 18.6 Å².